The largest absolute Gasteiger partial charge is 0.543 e. The second-order valence-electron chi connectivity index (χ2n) is 7.10. The number of benzene rings is 1. The predicted molar refractivity (Wildman–Crippen MR) is 90.6 cm³/mol. The first-order valence-electron chi connectivity index (χ1n) is 8.73. The molecule has 0 aromatic heterocycles. The van der Waals surface area contributed by atoms with Gasteiger partial charge in [-0.25, -0.2) is 14.5 Å². The van der Waals surface area contributed by atoms with E-state index in [1.54, 1.807) is 12.1 Å². The summed E-state index contributed by atoms with van der Waals surface area (Å²) in [5.41, 5.74) is 1.41. The first kappa shape index (κ1) is 19.2. The lowest BCUT2D eigenvalue weighted by molar-refractivity contribution is -0.453. The highest BCUT2D eigenvalue weighted by molar-refractivity contribution is 5.88. The number of rotatable bonds is 5. The van der Waals surface area contributed by atoms with Gasteiger partial charge in [-0.1, -0.05) is 39.8 Å². The van der Waals surface area contributed by atoms with Gasteiger partial charge in [0.2, 0.25) is 0 Å². The average Bonchev–Trinajstić information content (AvgIpc) is 2.57. The molecule has 1 aliphatic rings. The average molecular weight is 350 g/mol. The third kappa shape index (κ3) is 5.74. The lowest BCUT2D eigenvalue weighted by Gasteiger charge is -2.31. The maximum atomic E-state index is 11.8. The zero-order valence-electron chi connectivity index (χ0n) is 15.2. The summed E-state index contributed by atoms with van der Waals surface area (Å²) in [5.74, 6) is 0.510. The molecule has 0 bridgehead atoms. The predicted octanol–water partition coefficient (Wildman–Crippen LogP) is 4.79. The highest BCUT2D eigenvalue weighted by Gasteiger charge is 2.29. The van der Waals surface area contributed by atoms with Crippen LogP contribution < -0.4 is 0 Å². The van der Waals surface area contributed by atoms with E-state index in [2.05, 4.69) is 35.6 Å². The van der Waals surface area contributed by atoms with Gasteiger partial charge in [-0.3, -0.25) is 4.89 Å². The third-order valence-electron chi connectivity index (χ3n) is 4.63. The van der Waals surface area contributed by atoms with Crippen molar-refractivity contribution in [3.8, 4) is 0 Å². The molecule has 6 nitrogen and oxygen atoms in total. The summed E-state index contributed by atoms with van der Waals surface area (Å²) in [7, 11) is 0. The maximum Gasteiger partial charge on any atom is 0.543 e. The second kappa shape index (κ2) is 8.85. The third-order valence-corrected chi connectivity index (χ3v) is 4.63. The Kier molecular flexibility index (Phi) is 6.82. The molecule has 1 saturated carbocycles. The molecule has 0 heterocycles. The Morgan fingerprint density at radius 3 is 2.32 bits per heavy atom. The molecule has 0 amide bonds. The number of ether oxygens (including phenoxy) is 1. The van der Waals surface area contributed by atoms with E-state index < -0.39 is 12.1 Å². The molecule has 0 N–H and O–H groups in total. The van der Waals surface area contributed by atoms with Crippen LogP contribution in [0.3, 0.4) is 0 Å². The first-order valence-corrected chi connectivity index (χ1v) is 8.73. The van der Waals surface area contributed by atoms with Crippen LogP contribution in [0.1, 0.15) is 68.8 Å². The Morgan fingerprint density at radius 2 is 1.72 bits per heavy atom. The van der Waals surface area contributed by atoms with E-state index >= 15 is 0 Å². The van der Waals surface area contributed by atoms with E-state index in [4.69, 9.17) is 4.74 Å². The lowest BCUT2D eigenvalue weighted by atomic mass is 9.81. The van der Waals surface area contributed by atoms with E-state index in [0.717, 1.165) is 24.8 Å². The molecule has 3 unspecified atom stereocenters. The van der Waals surface area contributed by atoms with Crippen LogP contribution in [0.15, 0.2) is 24.3 Å². The van der Waals surface area contributed by atoms with Crippen molar-refractivity contribution in [2.45, 2.75) is 59.0 Å². The molecule has 25 heavy (non-hydrogen) atoms. The Hall–Kier alpha value is -2.08. The van der Waals surface area contributed by atoms with E-state index in [1.165, 1.54) is 0 Å². The summed E-state index contributed by atoms with van der Waals surface area (Å²) >= 11 is 0. The summed E-state index contributed by atoms with van der Waals surface area (Å²) < 4.78 is 5.20. The van der Waals surface area contributed by atoms with Crippen LogP contribution in [-0.4, -0.2) is 18.2 Å². The van der Waals surface area contributed by atoms with Crippen LogP contribution in [0, 0.1) is 11.8 Å². The monoisotopic (exact) mass is 350 g/mol. The summed E-state index contributed by atoms with van der Waals surface area (Å²) in [6.07, 6.45) is 1.59. The fourth-order valence-electron chi connectivity index (χ4n) is 3.08. The summed E-state index contributed by atoms with van der Waals surface area (Å²) in [6, 6.07) is 6.93. The fourth-order valence-corrected chi connectivity index (χ4v) is 3.08. The fraction of sp³-hybridized carbons (Fsp3) is 0.579. The molecular formula is C19H26O6. The van der Waals surface area contributed by atoms with Gasteiger partial charge < -0.3 is 4.74 Å². The molecule has 1 aromatic rings. The highest BCUT2D eigenvalue weighted by atomic mass is 17.5. The van der Waals surface area contributed by atoms with Crippen molar-refractivity contribution in [1.82, 2.24) is 0 Å². The quantitative estimate of drug-likeness (QED) is 0.432. The van der Waals surface area contributed by atoms with Crippen molar-refractivity contribution in [2.75, 3.05) is 0 Å². The molecule has 138 valence electrons. The zero-order valence-corrected chi connectivity index (χ0v) is 15.2. The van der Waals surface area contributed by atoms with Gasteiger partial charge in [-0.05, 0) is 54.7 Å². The van der Waals surface area contributed by atoms with Crippen LogP contribution in [0.5, 0.6) is 0 Å². The SMILES string of the molecule is CC1CCC(OC(=O)OOOC(=O)c2ccc(C(C)C)cc2)C(C)C1. The van der Waals surface area contributed by atoms with Gasteiger partial charge in [0.15, 0.2) is 0 Å². The van der Waals surface area contributed by atoms with Gasteiger partial charge in [0, 0.05) is 0 Å². The van der Waals surface area contributed by atoms with Crippen LogP contribution in [0.2, 0.25) is 0 Å². The highest BCUT2D eigenvalue weighted by Crippen LogP contribution is 2.30. The number of carbonyl (C=O) groups is 2. The van der Waals surface area contributed by atoms with Crippen molar-refractivity contribution >= 4 is 12.1 Å². The van der Waals surface area contributed by atoms with Crippen molar-refractivity contribution in [2.24, 2.45) is 11.8 Å². The normalized spacial score (nSPS) is 23.2. The molecule has 1 aliphatic carbocycles. The topological polar surface area (TPSA) is 71.1 Å². The second-order valence-corrected chi connectivity index (χ2v) is 7.10. The van der Waals surface area contributed by atoms with Gasteiger partial charge in [-0.15, -0.1) is 0 Å². The van der Waals surface area contributed by atoms with Gasteiger partial charge in [0.05, 0.1) is 10.6 Å². The van der Waals surface area contributed by atoms with Gasteiger partial charge >= 0.3 is 12.1 Å². The van der Waals surface area contributed by atoms with Crippen LogP contribution in [0.4, 0.5) is 4.79 Å². The van der Waals surface area contributed by atoms with E-state index in [0.29, 0.717) is 17.4 Å². The summed E-state index contributed by atoms with van der Waals surface area (Å²) in [4.78, 5) is 32.3. The minimum Gasteiger partial charge on any atom is -0.429 e. The van der Waals surface area contributed by atoms with Gasteiger partial charge in [0.1, 0.15) is 6.10 Å². The van der Waals surface area contributed by atoms with Crippen molar-refractivity contribution in [1.29, 1.82) is 0 Å². The van der Waals surface area contributed by atoms with E-state index in [1.807, 2.05) is 19.1 Å². The lowest BCUT2D eigenvalue weighted by Crippen LogP contribution is -2.31. The Balaban J connectivity index is 1.72. The number of hydrogen-bond acceptors (Lipinski definition) is 6. The number of hydrogen-bond donors (Lipinski definition) is 0. The van der Waals surface area contributed by atoms with E-state index in [-0.39, 0.29) is 12.0 Å². The minimum absolute atomic E-state index is 0.202. The molecule has 0 aliphatic heterocycles. The van der Waals surface area contributed by atoms with Crippen LogP contribution in [-0.2, 0) is 19.6 Å². The molecule has 0 saturated heterocycles. The van der Waals surface area contributed by atoms with Crippen LogP contribution >= 0.6 is 0 Å². The van der Waals surface area contributed by atoms with Gasteiger partial charge in [-0.2, -0.15) is 0 Å². The summed E-state index contributed by atoms with van der Waals surface area (Å²) in [5, 5.41) is 4.26. The molecule has 0 spiro atoms. The standard InChI is InChI=1S/C19H26O6/c1-12(2)15-6-8-16(9-7-15)18(20)23-25-24-19(21)22-17-10-5-13(3)11-14(17)4/h6-9,12-14,17H,5,10-11H2,1-4H3. The molecule has 2 rings (SSSR count). The molecular weight excluding hydrogens is 324 g/mol. The molecule has 6 heteroatoms. The maximum absolute atomic E-state index is 11.8. The van der Waals surface area contributed by atoms with Gasteiger partial charge in [0.25, 0.3) is 0 Å². The summed E-state index contributed by atoms with van der Waals surface area (Å²) in [6.45, 7) is 8.34. The van der Waals surface area contributed by atoms with E-state index in [9.17, 15) is 9.59 Å². The molecule has 1 fully saturated rings. The van der Waals surface area contributed by atoms with Crippen molar-refractivity contribution in [3.63, 3.8) is 0 Å². The Bertz CT molecular complexity index is 580. The smallest absolute Gasteiger partial charge is 0.429 e. The number of carbonyl (C=O) groups excluding carboxylic acids is 2. The molecule has 1 aromatic carbocycles. The molecule has 3 atom stereocenters. The van der Waals surface area contributed by atoms with Crippen molar-refractivity contribution < 1.29 is 29.1 Å². The first-order chi connectivity index (χ1) is 11.9. The molecule has 0 radical (unpaired) electrons. The minimum atomic E-state index is -1.01. The van der Waals surface area contributed by atoms with Crippen LogP contribution in [0.25, 0.3) is 0 Å². The van der Waals surface area contributed by atoms with Crippen molar-refractivity contribution in [3.05, 3.63) is 35.4 Å². The zero-order chi connectivity index (χ0) is 18.4. The Labute approximate surface area is 148 Å². The Morgan fingerprint density at radius 1 is 1.04 bits per heavy atom.